The van der Waals surface area contributed by atoms with E-state index in [-0.39, 0.29) is 29.5 Å². The minimum Gasteiger partial charge on any atom is -0.483 e. The Morgan fingerprint density at radius 1 is 1.10 bits per heavy atom. The molecular formula is C24H31ClN2O3. The number of Topliss-reactive ketones (excluding diaryl/α,β-unsaturated/α-hetero) is 1. The summed E-state index contributed by atoms with van der Waals surface area (Å²) in [5, 5.41) is 0.637. The monoisotopic (exact) mass is 430 g/mol. The Balaban J connectivity index is 1.70. The molecular weight excluding hydrogens is 400 g/mol. The van der Waals surface area contributed by atoms with Crippen molar-refractivity contribution in [2.45, 2.75) is 45.3 Å². The van der Waals surface area contributed by atoms with E-state index in [0.29, 0.717) is 29.0 Å². The number of halogens is 1. The number of ether oxygens (including phenoxy) is 1. The topological polar surface area (TPSA) is 49.9 Å². The second-order valence-electron chi connectivity index (χ2n) is 9.41. The third-order valence-electron chi connectivity index (χ3n) is 7.00. The van der Waals surface area contributed by atoms with Crippen molar-refractivity contribution in [3.05, 3.63) is 46.2 Å². The summed E-state index contributed by atoms with van der Waals surface area (Å²) in [5.74, 6) is 1.04. The molecule has 5 unspecified atom stereocenters. The Hall–Kier alpha value is -1.85. The van der Waals surface area contributed by atoms with Gasteiger partial charge in [-0.2, -0.15) is 0 Å². The van der Waals surface area contributed by atoms with Crippen LogP contribution in [-0.4, -0.2) is 54.8 Å². The number of amides is 1. The zero-order valence-electron chi connectivity index (χ0n) is 18.2. The first-order valence-electron chi connectivity index (χ1n) is 10.9. The normalized spacial score (nSPS) is 31.1. The van der Waals surface area contributed by atoms with Crippen LogP contribution < -0.4 is 0 Å². The molecule has 162 valence electrons. The molecule has 0 spiro atoms. The lowest BCUT2D eigenvalue weighted by Gasteiger charge is -2.40. The fourth-order valence-electron chi connectivity index (χ4n) is 5.09. The van der Waals surface area contributed by atoms with Gasteiger partial charge in [-0.05, 0) is 69.4 Å². The second-order valence-corrected chi connectivity index (χ2v) is 9.84. The standard InChI is InChI=1S/C24H31ClN2O3/c1-14-12-18-19(13-15(14)2)30-23-20(22(18)28)21(16-6-8-17(25)9-7-16)27(24(23)29)11-5-10-26(3)4/h6-9,14-15,18-19,21H,5,10-13H2,1-4H3. The van der Waals surface area contributed by atoms with E-state index in [1.54, 1.807) is 0 Å². The predicted octanol–water partition coefficient (Wildman–Crippen LogP) is 4.08. The Morgan fingerprint density at radius 2 is 1.77 bits per heavy atom. The number of nitrogens with zero attached hydrogens (tertiary/aromatic N) is 2. The SMILES string of the molecule is CC1CC2OC3=C(C(=O)C2CC1C)C(c1ccc(Cl)cc1)N(CCCN(C)C)C3=O. The first-order valence-corrected chi connectivity index (χ1v) is 11.3. The van der Waals surface area contributed by atoms with Crippen LogP contribution in [0, 0.1) is 17.8 Å². The van der Waals surface area contributed by atoms with E-state index in [1.165, 1.54) is 0 Å². The molecule has 4 rings (SSSR count). The number of ketones is 1. The molecule has 2 aliphatic heterocycles. The van der Waals surface area contributed by atoms with Crippen LogP contribution in [0.2, 0.25) is 5.02 Å². The van der Waals surface area contributed by atoms with E-state index in [9.17, 15) is 9.59 Å². The summed E-state index contributed by atoms with van der Waals surface area (Å²) in [6.07, 6.45) is 2.30. The lowest BCUT2D eigenvalue weighted by Crippen LogP contribution is -2.43. The summed E-state index contributed by atoms with van der Waals surface area (Å²) < 4.78 is 6.28. The third-order valence-corrected chi connectivity index (χ3v) is 7.25. The van der Waals surface area contributed by atoms with Gasteiger partial charge in [0.15, 0.2) is 11.5 Å². The van der Waals surface area contributed by atoms with Gasteiger partial charge in [0.05, 0.1) is 17.5 Å². The number of rotatable bonds is 5. The molecule has 1 saturated carbocycles. The molecule has 5 atom stereocenters. The first-order chi connectivity index (χ1) is 14.3. The molecule has 0 N–H and O–H groups in total. The van der Waals surface area contributed by atoms with E-state index < -0.39 is 6.04 Å². The van der Waals surface area contributed by atoms with Gasteiger partial charge < -0.3 is 14.5 Å². The van der Waals surface area contributed by atoms with Crippen molar-refractivity contribution in [2.24, 2.45) is 17.8 Å². The number of carbonyl (C=O) groups excluding carboxylic acids is 2. The number of hydrogen-bond acceptors (Lipinski definition) is 4. The van der Waals surface area contributed by atoms with Gasteiger partial charge in [-0.1, -0.05) is 37.6 Å². The molecule has 6 heteroatoms. The molecule has 1 aromatic rings. The lowest BCUT2D eigenvalue weighted by atomic mass is 9.70. The van der Waals surface area contributed by atoms with Gasteiger partial charge in [0.2, 0.25) is 0 Å². The molecule has 0 saturated heterocycles. The minimum absolute atomic E-state index is 0.100. The van der Waals surface area contributed by atoms with Crippen LogP contribution >= 0.6 is 11.6 Å². The molecule has 1 fully saturated rings. The van der Waals surface area contributed by atoms with Crippen molar-refractivity contribution in [3.63, 3.8) is 0 Å². The van der Waals surface area contributed by atoms with E-state index in [2.05, 4.69) is 18.7 Å². The smallest absolute Gasteiger partial charge is 0.290 e. The lowest BCUT2D eigenvalue weighted by molar-refractivity contribution is -0.137. The quantitative estimate of drug-likeness (QED) is 0.706. The molecule has 0 aromatic heterocycles. The van der Waals surface area contributed by atoms with Crippen molar-refractivity contribution in [2.75, 3.05) is 27.2 Å². The second kappa shape index (κ2) is 8.35. The molecule has 1 aliphatic carbocycles. The van der Waals surface area contributed by atoms with Gasteiger partial charge in [0, 0.05) is 11.6 Å². The molecule has 5 nitrogen and oxygen atoms in total. The van der Waals surface area contributed by atoms with Crippen LogP contribution in [0.15, 0.2) is 35.6 Å². The fraction of sp³-hybridized carbons (Fsp3) is 0.583. The number of carbonyl (C=O) groups is 2. The van der Waals surface area contributed by atoms with Crippen molar-refractivity contribution < 1.29 is 14.3 Å². The highest BCUT2D eigenvalue weighted by Gasteiger charge is 2.53. The summed E-state index contributed by atoms with van der Waals surface area (Å²) in [7, 11) is 4.04. The summed E-state index contributed by atoms with van der Waals surface area (Å²) in [4.78, 5) is 31.0. The average molecular weight is 431 g/mol. The molecule has 0 bridgehead atoms. The van der Waals surface area contributed by atoms with Crippen molar-refractivity contribution >= 4 is 23.3 Å². The van der Waals surface area contributed by atoms with Gasteiger partial charge in [0.25, 0.3) is 5.91 Å². The van der Waals surface area contributed by atoms with Crippen LogP contribution in [0.1, 0.15) is 44.7 Å². The Kier molecular flexibility index (Phi) is 5.95. The molecule has 0 radical (unpaired) electrons. The highest BCUT2D eigenvalue weighted by Crippen LogP contribution is 2.48. The van der Waals surface area contributed by atoms with Crippen molar-refractivity contribution in [1.82, 2.24) is 9.80 Å². The van der Waals surface area contributed by atoms with Gasteiger partial charge >= 0.3 is 0 Å². The van der Waals surface area contributed by atoms with E-state index in [4.69, 9.17) is 16.3 Å². The average Bonchev–Trinajstić information content (AvgIpc) is 2.97. The maximum atomic E-state index is 13.7. The first kappa shape index (κ1) is 21.4. The van der Waals surface area contributed by atoms with Crippen LogP contribution in [0.4, 0.5) is 0 Å². The summed E-state index contributed by atoms with van der Waals surface area (Å²) in [6.45, 7) is 5.87. The van der Waals surface area contributed by atoms with Crippen molar-refractivity contribution in [3.8, 4) is 0 Å². The van der Waals surface area contributed by atoms with E-state index >= 15 is 0 Å². The van der Waals surface area contributed by atoms with Gasteiger partial charge in [0.1, 0.15) is 6.10 Å². The summed E-state index contributed by atoms with van der Waals surface area (Å²) >= 11 is 6.10. The molecule has 1 amide bonds. The maximum Gasteiger partial charge on any atom is 0.290 e. The Morgan fingerprint density at radius 3 is 2.43 bits per heavy atom. The predicted molar refractivity (Wildman–Crippen MR) is 117 cm³/mol. The number of fused-ring (bicyclic) bond motifs is 1. The van der Waals surface area contributed by atoms with E-state index in [1.807, 2.05) is 43.3 Å². The van der Waals surface area contributed by atoms with Gasteiger partial charge in [-0.25, -0.2) is 0 Å². The van der Waals surface area contributed by atoms with Crippen LogP contribution in [0.3, 0.4) is 0 Å². The van der Waals surface area contributed by atoms with Crippen LogP contribution in [0.25, 0.3) is 0 Å². The Labute approximate surface area is 184 Å². The van der Waals surface area contributed by atoms with Crippen LogP contribution in [-0.2, 0) is 14.3 Å². The Bertz CT molecular complexity index is 864. The fourth-order valence-corrected chi connectivity index (χ4v) is 5.21. The zero-order valence-corrected chi connectivity index (χ0v) is 19.0. The molecule has 3 aliphatic rings. The minimum atomic E-state index is -0.393. The molecule has 2 heterocycles. The molecule has 1 aromatic carbocycles. The van der Waals surface area contributed by atoms with Gasteiger partial charge in [-0.15, -0.1) is 0 Å². The summed E-state index contributed by atoms with van der Waals surface area (Å²) in [5.41, 5.74) is 1.46. The molecule has 30 heavy (non-hydrogen) atoms. The maximum absolute atomic E-state index is 13.7. The largest absolute Gasteiger partial charge is 0.483 e. The highest BCUT2D eigenvalue weighted by atomic mass is 35.5. The highest BCUT2D eigenvalue weighted by molar-refractivity contribution is 6.30. The summed E-state index contributed by atoms with van der Waals surface area (Å²) in [6, 6.07) is 7.08. The van der Waals surface area contributed by atoms with Crippen molar-refractivity contribution in [1.29, 1.82) is 0 Å². The van der Waals surface area contributed by atoms with Gasteiger partial charge in [-0.3, -0.25) is 9.59 Å². The number of hydrogen-bond donors (Lipinski definition) is 0. The third kappa shape index (κ3) is 3.78. The zero-order chi connectivity index (χ0) is 21.6. The van der Waals surface area contributed by atoms with Crippen LogP contribution in [0.5, 0.6) is 0 Å². The van der Waals surface area contributed by atoms with E-state index in [0.717, 1.165) is 31.4 Å². The number of benzene rings is 1.